The molecule has 122 valence electrons. The average Bonchev–Trinajstić information content (AvgIpc) is 2.55. The van der Waals surface area contributed by atoms with E-state index in [0.717, 1.165) is 12.0 Å². The van der Waals surface area contributed by atoms with Crippen molar-refractivity contribution in [1.29, 1.82) is 0 Å². The highest BCUT2D eigenvalue weighted by Gasteiger charge is 2.13. The summed E-state index contributed by atoms with van der Waals surface area (Å²) in [5.74, 6) is -2.22. The fourth-order valence-electron chi connectivity index (χ4n) is 2.01. The molecular formula is C18H20O5. The van der Waals surface area contributed by atoms with Crippen molar-refractivity contribution in [1.82, 2.24) is 0 Å². The minimum atomic E-state index is -1.11. The Morgan fingerprint density at radius 2 is 1.39 bits per heavy atom. The second-order valence-corrected chi connectivity index (χ2v) is 4.92. The number of carboxylic acids is 2. The first kappa shape index (κ1) is 18.4. The summed E-state index contributed by atoms with van der Waals surface area (Å²) in [6.45, 7) is 3.45. The lowest BCUT2D eigenvalue weighted by Crippen LogP contribution is -2.06. The van der Waals surface area contributed by atoms with Crippen LogP contribution in [0, 0.1) is 6.92 Å². The van der Waals surface area contributed by atoms with Gasteiger partial charge in [0.2, 0.25) is 0 Å². The van der Waals surface area contributed by atoms with Gasteiger partial charge in [-0.15, -0.1) is 0 Å². The highest BCUT2D eigenvalue weighted by atomic mass is 16.4. The number of rotatable bonds is 4. The van der Waals surface area contributed by atoms with Crippen molar-refractivity contribution in [3.63, 3.8) is 0 Å². The zero-order valence-corrected chi connectivity index (χ0v) is 13.1. The number of aliphatic hydroxyl groups excluding tert-OH is 1. The Bertz CT molecular complexity index is 632. The molecule has 0 heterocycles. The van der Waals surface area contributed by atoms with Crippen LogP contribution in [0.4, 0.5) is 0 Å². The van der Waals surface area contributed by atoms with Gasteiger partial charge in [-0.2, -0.15) is 0 Å². The van der Waals surface area contributed by atoms with E-state index in [1.807, 2.05) is 37.3 Å². The second kappa shape index (κ2) is 8.70. The SMILES string of the molecule is CCC(O)c1ccccc1.Cc1c(C(=O)O)cccc1C(=O)O. The van der Waals surface area contributed by atoms with Crippen molar-refractivity contribution in [3.8, 4) is 0 Å². The molecule has 0 saturated carbocycles. The molecule has 2 rings (SSSR count). The van der Waals surface area contributed by atoms with Crippen LogP contribution in [0.2, 0.25) is 0 Å². The average molecular weight is 316 g/mol. The molecule has 0 aliphatic carbocycles. The molecule has 0 radical (unpaired) electrons. The van der Waals surface area contributed by atoms with Gasteiger partial charge in [0.1, 0.15) is 0 Å². The molecule has 2 aromatic rings. The molecular weight excluding hydrogens is 296 g/mol. The van der Waals surface area contributed by atoms with E-state index in [1.165, 1.54) is 25.1 Å². The van der Waals surface area contributed by atoms with E-state index in [-0.39, 0.29) is 22.8 Å². The van der Waals surface area contributed by atoms with Gasteiger partial charge in [0.25, 0.3) is 0 Å². The molecule has 0 saturated heterocycles. The third kappa shape index (κ3) is 5.23. The van der Waals surface area contributed by atoms with Crippen LogP contribution in [-0.4, -0.2) is 27.3 Å². The molecule has 0 aliphatic rings. The number of hydrogen-bond donors (Lipinski definition) is 3. The number of carbonyl (C=O) groups is 2. The van der Waals surface area contributed by atoms with Crippen molar-refractivity contribution in [2.24, 2.45) is 0 Å². The van der Waals surface area contributed by atoms with Crippen LogP contribution in [0.15, 0.2) is 48.5 Å². The molecule has 1 atom stereocenters. The van der Waals surface area contributed by atoms with Crippen molar-refractivity contribution >= 4 is 11.9 Å². The van der Waals surface area contributed by atoms with E-state index in [1.54, 1.807) is 0 Å². The van der Waals surface area contributed by atoms with Crippen LogP contribution >= 0.6 is 0 Å². The largest absolute Gasteiger partial charge is 0.478 e. The van der Waals surface area contributed by atoms with Crippen LogP contribution in [0.3, 0.4) is 0 Å². The van der Waals surface area contributed by atoms with Gasteiger partial charge in [-0.3, -0.25) is 0 Å². The Balaban J connectivity index is 0.000000238. The smallest absolute Gasteiger partial charge is 0.335 e. The quantitative estimate of drug-likeness (QED) is 0.802. The maximum absolute atomic E-state index is 10.6. The molecule has 0 spiro atoms. The van der Waals surface area contributed by atoms with E-state index in [0.29, 0.717) is 0 Å². The third-order valence-electron chi connectivity index (χ3n) is 3.37. The van der Waals surface area contributed by atoms with Crippen molar-refractivity contribution < 1.29 is 24.9 Å². The first-order valence-corrected chi connectivity index (χ1v) is 7.17. The maximum atomic E-state index is 10.6. The molecule has 0 fully saturated rings. The monoisotopic (exact) mass is 316 g/mol. The molecule has 0 aliphatic heterocycles. The molecule has 2 aromatic carbocycles. The van der Waals surface area contributed by atoms with Crippen LogP contribution in [0.5, 0.6) is 0 Å². The molecule has 0 aromatic heterocycles. The van der Waals surface area contributed by atoms with Gasteiger partial charge in [-0.05, 0) is 36.6 Å². The summed E-state index contributed by atoms with van der Waals surface area (Å²) in [6.07, 6.45) is 0.491. The Labute approximate surface area is 134 Å². The highest BCUT2D eigenvalue weighted by Crippen LogP contribution is 2.14. The molecule has 0 amide bonds. The first-order chi connectivity index (χ1) is 10.9. The minimum absolute atomic E-state index is 0.0277. The third-order valence-corrected chi connectivity index (χ3v) is 3.37. The lowest BCUT2D eigenvalue weighted by atomic mass is 10.0. The number of benzene rings is 2. The lowest BCUT2D eigenvalue weighted by molar-refractivity contribution is 0.0696. The fourth-order valence-corrected chi connectivity index (χ4v) is 2.01. The van der Waals surface area contributed by atoms with Crippen molar-refractivity contribution in [2.75, 3.05) is 0 Å². The van der Waals surface area contributed by atoms with Crippen LogP contribution in [0.25, 0.3) is 0 Å². The molecule has 3 N–H and O–H groups in total. The fraction of sp³-hybridized carbons (Fsp3) is 0.222. The summed E-state index contributed by atoms with van der Waals surface area (Å²) < 4.78 is 0. The standard InChI is InChI=1S/C9H8O4.C9H12O/c1-5-6(8(10)11)3-2-4-7(5)9(12)13;1-2-9(10)8-6-4-3-5-7-8/h2-4H,1H3,(H,10,11)(H,12,13);3-7,9-10H,2H2,1H3. The Morgan fingerprint density at radius 1 is 0.913 bits per heavy atom. The summed E-state index contributed by atoms with van der Waals surface area (Å²) in [7, 11) is 0. The summed E-state index contributed by atoms with van der Waals surface area (Å²) in [5, 5.41) is 26.7. The van der Waals surface area contributed by atoms with E-state index in [9.17, 15) is 14.7 Å². The zero-order valence-electron chi connectivity index (χ0n) is 13.1. The summed E-state index contributed by atoms with van der Waals surface area (Å²) in [6, 6.07) is 13.9. The lowest BCUT2D eigenvalue weighted by Gasteiger charge is -2.05. The van der Waals surface area contributed by atoms with Gasteiger partial charge in [-0.1, -0.05) is 43.3 Å². The molecule has 5 nitrogen and oxygen atoms in total. The second-order valence-electron chi connectivity index (χ2n) is 4.92. The molecule has 23 heavy (non-hydrogen) atoms. The summed E-state index contributed by atoms with van der Waals surface area (Å²) in [4.78, 5) is 21.2. The van der Waals surface area contributed by atoms with E-state index in [4.69, 9.17) is 10.2 Å². The van der Waals surface area contributed by atoms with Crippen molar-refractivity contribution in [2.45, 2.75) is 26.4 Å². The van der Waals surface area contributed by atoms with Gasteiger partial charge >= 0.3 is 11.9 Å². The van der Waals surface area contributed by atoms with Crippen molar-refractivity contribution in [3.05, 3.63) is 70.8 Å². The Morgan fingerprint density at radius 3 is 1.78 bits per heavy atom. The van der Waals surface area contributed by atoms with Crippen LogP contribution < -0.4 is 0 Å². The van der Waals surface area contributed by atoms with Gasteiger partial charge in [-0.25, -0.2) is 9.59 Å². The molecule has 0 bridgehead atoms. The Kier molecular flexibility index (Phi) is 6.96. The number of carboxylic acid groups (broad SMARTS) is 2. The summed E-state index contributed by atoms with van der Waals surface area (Å²) >= 11 is 0. The van der Waals surface area contributed by atoms with E-state index in [2.05, 4.69) is 0 Å². The normalized spacial score (nSPS) is 11.1. The zero-order chi connectivity index (χ0) is 17.4. The van der Waals surface area contributed by atoms with Crippen LogP contribution in [0.1, 0.15) is 51.3 Å². The predicted octanol–water partition coefficient (Wildman–Crippen LogP) is 3.52. The number of aliphatic hydroxyl groups is 1. The molecule has 1 unspecified atom stereocenters. The predicted molar refractivity (Wildman–Crippen MR) is 86.8 cm³/mol. The van der Waals surface area contributed by atoms with Gasteiger partial charge in [0.05, 0.1) is 17.2 Å². The van der Waals surface area contributed by atoms with Gasteiger partial charge in [0, 0.05) is 0 Å². The van der Waals surface area contributed by atoms with E-state index >= 15 is 0 Å². The highest BCUT2D eigenvalue weighted by molar-refractivity contribution is 5.96. The van der Waals surface area contributed by atoms with Crippen LogP contribution in [-0.2, 0) is 0 Å². The molecule has 5 heteroatoms. The number of hydrogen-bond acceptors (Lipinski definition) is 3. The number of aromatic carboxylic acids is 2. The minimum Gasteiger partial charge on any atom is -0.478 e. The first-order valence-electron chi connectivity index (χ1n) is 7.17. The Hall–Kier alpha value is -2.66. The van der Waals surface area contributed by atoms with Gasteiger partial charge < -0.3 is 15.3 Å². The van der Waals surface area contributed by atoms with E-state index < -0.39 is 11.9 Å². The maximum Gasteiger partial charge on any atom is 0.335 e. The van der Waals surface area contributed by atoms with Gasteiger partial charge in [0.15, 0.2) is 0 Å². The topological polar surface area (TPSA) is 94.8 Å². The summed E-state index contributed by atoms with van der Waals surface area (Å²) in [5.41, 5.74) is 1.34.